The van der Waals surface area contributed by atoms with Gasteiger partial charge in [0.15, 0.2) is 15.5 Å². The lowest BCUT2D eigenvalue weighted by Crippen LogP contribution is -2.24. The molecule has 30 heavy (non-hydrogen) atoms. The Morgan fingerprint density at radius 2 is 1.93 bits per heavy atom. The molecule has 1 N–H and O–H groups in total. The molecule has 1 aliphatic rings. The van der Waals surface area contributed by atoms with Crippen molar-refractivity contribution >= 4 is 15.7 Å². The second-order valence-corrected chi connectivity index (χ2v) is 9.79. The van der Waals surface area contributed by atoms with Crippen molar-refractivity contribution in [3.63, 3.8) is 0 Å². The predicted octanol–water partition coefficient (Wildman–Crippen LogP) is 3.29. The summed E-state index contributed by atoms with van der Waals surface area (Å²) in [5.74, 6) is -0.713. The average Bonchev–Trinajstić information content (AvgIpc) is 3.31. The molecule has 1 aromatic heterocycles. The van der Waals surface area contributed by atoms with Crippen LogP contribution in [0.3, 0.4) is 0 Å². The maximum atomic E-state index is 13.8. The number of benzene rings is 2. The Morgan fingerprint density at radius 3 is 2.60 bits per heavy atom. The number of nitrogens with one attached hydrogen (secondary N) is 1. The topological polar surface area (TPSA) is 81.1 Å². The summed E-state index contributed by atoms with van der Waals surface area (Å²) in [6.45, 7) is 2.02. The number of aryl methyl sites for hydroxylation is 1. The first-order valence-corrected chi connectivity index (χ1v) is 11.5. The molecule has 2 aromatic carbocycles. The number of carbonyl (C=O) groups is 1. The van der Waals surface area contributed by atoms with Crippen molar-refractivity contribution in [2.75, 3.05) is 11.5 Å². The smallest absolute Gasteiger partial charge is 0.272 e. The van der Waals surface area contributed by atoms with Crippen molar-refractivity contribution in [1.82, 2.24) is 15.1 Å². The highest BCUT2D eigenvalue weighted by atomic mass is 32.2. The minimum atomic E-state index is -3.11. The Labute approximate surface area is 174 Å². The zero-order valence-corrected chi connectivity index (χ0v) is 17.3. The quantitative estimate of drug-likeness (QED) is 0.678. The fourth-order valence-electron chi connectivity index (χ4n) is 3.60. The van der Waals surface area contributed by atoms with Gasteiger partial charge in [-0.2, -0.15) is 5.10 Å². The van der Waals surface area contributed by atoms with Gasteiger partial charge < -0.3 is 5.32 Å². The molecule has 156 valence electrons. The number of halogens is 1. The number of aromatic nitrogens is 2. The lowest BCUT2D eigenvalue weighted by atomic mass is 10.1. The van der Waals surface area contributed by atoms with Crippen LogP contribution in [0.2, 0.25) is 0 Å². The molecule has 2 heterocycles. The molecule has 0 saturated carbocycles. The van der Waals surface area contributed by atoms with Crippen LogP contribution in [0.4, 0.5) is 4.39 Å². The van der Waals surface area contributed by atoms with Crippen LogP contribution in [-0.2, 0) is 16.4 Å². The fraction of sp³-hybridized carbons (Fsp3) is 0.273. The average molecular weight is 428 g/mol. The summed E-state index contributed by atoms with van der Waals surface area (Å²) in [6, 6.07) is 15.3. The Morgan fingerprint density at radius 1 is 1.20 bits per heavy atom. The molecule has 1 saturated heterocycles. The molecule has 8 heteroatoms. The van der Waals surface area contributed by atoms with Crippen LogP contribution in [0.25, 0.3) is 11.3 Å². The van der Waals surface area contributed by atoms with Crippen molar-refractivity contribution in [1.29, 1.82) is 0 Å². The van der Waals surface area contributed by atoms with E-state index in [0.29, 0.717) is 17.7 Å². The molecule has 6 nitrogen and oxygen atoms in total. The van der Waals surface area contributed by atoms with Crippen LogP contribution >= 0.6 is 0 Å². The van der Waals surface area contributed by atoms with Gasteiger partial charge in [-0.25, -0.2) is 12.8 Å². The van der Waals surface area contributed by atoms with Gasteiger partial charge in [0.1, 0.15) is 5.82 Å². The first-order valence-electron chi connectivity index (χ1n) is 9.71. The highest BCUT2D eigenvalue weighted by molar-refractivity contribution is 7.91. The number of hydrogen-bond donors (Lipinski definition) is 1. The van der Waals surface area contributed by atoms with E-state index in [1.807, 2.05) is 31.2 Å². The third kappa shape index (κ3) is 4.28. The summed E-state index contributed by atoms with van der Waals surface area (Å²) in [5, 5.41) is 7.13. The molecule has 0 spiro atoms. The highest BCUT2D eigenvalue weighted by Gasteiger charge is 2.32. The van der Waals surface area contributed by atoms with Gasteiger partial charge in [-0.15, -0.1) is 0 Å². The van der Waals surface area contributed by atoms with Crippen molar-refractivity contribution in [3.8, 4) is 11.3 Å². The third-order valence-electron chi connectivity index (χ3n) is 5.27. The van der Waals surface area contributed by atoms with Crippen molar-refractivity contribution < 1.29 is 17.6 Å². The normalized spacial score (nSPS) is 17.7. The lowest BCUT2D eigenvalue weighted by molar-refractivity contribution is 0.0944. The van der Waals surface area contributed by atoms with Crippen molar-refractivity contribution in [2.45, 2.75) is 25.9 Å². The van der Waals surface area contributed by atoms with E-state index >= 15 is 0 Å². The first-order chi connectivity index (χ1) is 14.3. The first kappa shape index (κ1) is 20.3. The predicted molar refractivity (Wildman–Crippen MR) is 112 cm³/mol. The summed E-state index contributed by atoms with van der Waals surface area (Å²) in [5.41, 5.74) is 3.19. The van der Waals surface area contributed by atoms with Gasteiger partial charge in [-0.1, -0.05) is 48.0 Å². The summed E-state index contributed by atoms with van der Waals surface area (Å²) >= 11 is 0. The standard InChI is InChI=1S/C22H22FN3O3S/c1-15-6-8-16(9-7-15)21-12-20(25-26(21)18-10-11-30(28,29)14-18)22(27)24-13-17-4-2-3-5-19(17)23/h2-9,12,18H,10-11,13-14H2,1H3,(H,24,27). The maximum absolute atomic E-state index is 13.8. The molecule has 0 bridgehead atoms. The molecule has 3 aromatic rings. The van der Waals surface area contributed by atoms with Crippen molar-refractivity contribution in [3.05, 3.63) is 77.2 Å². The van der Waals surface area contributed by atoms with Gasteiger partial charge in [-0.3, -0.25) is 9.48 Å². The van der Waals surface area contributed by atoms with E-state index in [4.69, 9.17) is 0 Å². The number of rotatable bonds is 5. The van der Waals surface area contributed by atoms with E-state index in [9.17, 15) is 17.6 Å². The molecule has 1 atom stereocenters. The Balaban J connectivity index is 1.63. The minimum Gasteiger partial charge on any atom is -0.346 e. The van der Waals surface area contributed by atoms with Gasteiger partial charge in [0, 0.05) is 12.1 Å². The van der Waals surface area contributed by atoms with E-state index < -0.39 is 15.7 Å². The lowest BCUT2D eigenvalue weighted by Gasteiger charge is -2.13. The van der Waals surface area contributed by atoms with Crippen LogP contribution in [-0.4, -0.2) is 35.6 Å². The third-order valence-corrected chi connectivity index (χ3v) is 7.02. The van der Waals surface area contributed by atoms with E-state index in [1.165, 1.54) is 6.07 Å². The second kappa shape index (κ2) is 8.02. The number of hydrogen-bond acceptors (Lipinski definition) is 4. The molecule has 4 rings (SSSR count). The van der Waals surface area contributed by atoms with E-state index in [-0.39, 0.29) is 35.6 Å². The van der Waals surface area contributed by atoms with Crippen LogP contribution < -0.4 is 5.32 Å². The van der Waals surface area contributed by atoms with E-state index in [2.05, 4.69) is 10.4 Å². The number of sulfone groups is 1. The molecule has 0 radical (unpaired) electrons. The summed E-state index contributed by atoms with van der Waals surface area (Å²) in [6.07, 6.45) is 0.458. The zero-order chi connectivity index (χ0) is 21.3. The number of amides is 1. The van der Waals surface area contributed by atoms with Gasteiger partial charge in [0.25, 0.3) is 5.91 Å². The van der Waals surface area contributed by atoms with Crippen LogP contribution in [0.5, 0.6) is 0 Å². The summed E-state index contributed by atoms with van der Waals surface area (Å²) in [7, 11) is -3.11. The van der Waals surface area contributed by atoms with E-state index in [1.54, 1.807) is 28.9 Å². The van der Waals surface area contributed by atoms with Crippen LogP contribution in [0.15, 0.2) is 54.6 Å². The second-order valence-electron chi connectivity index (χ2n) is 7.56. The Hall–Kier alpha value is -3.00. The molecule has 0 aliphatic carbocycles. The van der Waals surface area contributed by atoms with E-state index in [0.717, 1.165) is 11.1 Å². The number of nitrogens with zero attached hydrogens (tertiary/aromatic N) is 2. The van der Waals surface area contributed by atoms with Crippen LogP contribution in [0.1, 0.15) is 34.1 Å². The largest absolute Gasteiger partial charge is 0.346 e. The summed E-state index contributed by atoms with van der Waals surface area (Å²) in [4.78, 5) is 12.7. The van der Waals surface area contributed by atoms with Gasteiger partial charge in [0.05, 0.1) is 23.2 Å². The van der Waals surface area contributed by atoms with Gasteiger partial charge in [-0.05, 0) is 31.0 Å². The van der Waals surface area contributed by atoms with Crippen molar-refractivity contribution in [2.24, 2.45) is 0 Å². The van der Waals surface area contributed by atoms with Crippen LogP contribution in [0, 0.1) is 12.7 Å². The highest BCUT2D eigenvalue weighted by Crippen LogP contribution is 2.30. The van der Waals surface area contributed by atoms with Gasteiger partial charge in [0.2, 0.25) is 0 Å². The Bertz CT molecular complexity index is 1190. The fourth-order valence-corrected chi connectivity index (χ4v) is 5.29. The zero-order valence-electron chi connectivity index (χ0n) is 16.5. The molecule has 1 fully saturated rings. The van der Waals surface area contributed by atoms with Gasteiger partial charge >= 0.3 is 0 Å². The SMILES string of the molecule is Cc1ccc(-c2cc(C(=O)NCc3ccccc3F)nn2C2CCS(=O)(=O)C2)cc1. The molecule has 1 aliphatic heterocycles. The molecular formula is C22H22FN3O3S. The monoisotopic (exact) mass is 427 g/mol. The Kier molecular flexibility index (Phi) is 5.42. The maximum Gasteiger partial charge on any atom is 0.272 e. The molecule has 1 amide bonds. The molecular weight excluding hydrogens is 405 g/mol. The molecule has 1 unspecified atom stereocenters. The number of carbonyl (C=O) groups excluding carboxylic acids is 1. The minimum absolute atomic E-state index is 0.00380. The summed E-state index contributed by atoms with van der Waals surface area (Å²) < 4.78 is 39.4.